The van der Waals surface area contributed by atoms with Gasteiger partial charge in [-0.05, 0) is 62.1 Å². The maximum absolute atomic E-state index is 13.2. The maximum atomic E-state index is 13.2. The molecule has 2 fully saturated rings. The molecule has 2 aliphatic rings. The molecule has 15 heteroatoms. The number of piperidine rings is 1. The van der Waals surface area contributed by atoms with Gasteiger partial charge in [0, 0.05) is 41.6 Å². The van der Waals surface area contributed by atoms with Crippen molar-refractivity contribution < 1.29 is 32.3 Å². The minimum Gasteiger partial charge on any atom is -0.465 e. The van der Waals surface area contributed by atoms with Crippen molar-refractivity contribution in [2.75, 3.05) is 38.6 Å². The van der Waals surface area contributed by atoms with Crippen LogP contribution in [0.25, 0.3) is 6.08 Å². The molecular formula is C27H32ClN5O7S2. The summed E-state index contributed by atoms with van der Waals surface area (Å²) in [5, 5.41) is 6.42. The Balaban J connectivity index is 1.28. The number of halogens is 1. The van der Waals surface area contributed by atoms with Gasteiger partial charge in [-0.1, -0.05) is 17.7 Å². The van der Waals surface area contributed by atoms with Gasteiger partial charge in [0.15, 0.2) is 0 Å². The van der Waals surface area contributed by atoms with E-state index in [9.17, 15) is 27.6 Å². The molecule has 0 bridgehead atoms. The number of hydrogen-bond donors (Lipinski definition) is 3. The van der Waals surface area contributed by atoms with Crippen LogP contribution >= 0.6 is 22.9 Å². The number of amides is 4. The van der Waals surface area contributed by atoms with E-state index in [2.05, 4.69) is 15.4 Å². The summed E-state index contributed by atoms with van der Waals surface area (Å²) in [5.74, 6) is -1.24. The number of benzene rings is 1. The molecule has 4 rings (SSSR count). The van der Waals surface area contributed by atoms with Crippen molar-refractivity contribution in [2.45, 2.75) is 37.8 Å². The van der Waals surface area contributed by atoms with Crippen LogP contribution in [0.5, 0.6) is 0 Å². The summed E-state index contributed by atoms with van der Waals surface area (Å²) in [6.07, 6.45) is 3.71. The van der Waals surface area contributed by atoms with Crippen LogP contribution in [0, 0.1) is 0 Å². The van der Waals surface area contributed by atoms with Gasteiger partial charge >= 0.3 is 12.0 Å². The van der Waals surface area contributed by atoms with Crippen LogP contribution in [0.4, 0.5) is 10.5 Å². The molecule has 1 aromatic carbocycles. The van der Waals surface area contributed by atoms with Crippen molar-refractivity contribution in [3.8, 4) is 0 Å². The minimum atomic E-state index is -3.90. The first-order chi connectivity index (χ1) is 20.0. The number of nitrogens with zero attached hydrogens (tertiary/aromatic N) is 2. The van der Waals surface area contributed by atoms with Gasteiger partial charge in [0.1, 0.15) is 6.04 Å². The lowest BCUT2D eigenvalue weighted by Crippen LogP contribution is -2.55. The molecule has 2 saturated heterocycles. The molecule has 12 nitrogen and oxygen atoms in total. The molecule has 3 N–H and O–H groups in total. The number of anilines is 1. The van der Waals surface area contributed by atoms with Crippen LogP contribution in [0.2, 0.25) is 4.34 Å². The summed E-state index contributed by atoms with van der Waals surface area (Å²) >= 11 is 7.11. The summed E-state index contributed by atoms with van der Waals surface area (Å²) in [6, 6.07) is 7.96. The van der Waals surface area contributed by atoms with Gasteiger partial charge < -0.3 is 25.2 Å². The molecule has 3 heterocycles. The van der Waals surface area contributed by atoms with Crippen LogP contribution in [-0.4, -0.2) is 87.4 Å². The van der Waals surface area contributed by atoms with Crippen LogP contribution in [0.3, 0.4) is 0 Å². The molecule has 0 saturated carbocycles. The average Bonchev–Trinajstić information content (AvgIpc) is 3.61. The SMILES string of the molecule is COC(=O)c1cccc(NC(=O)NC[C@H]2CCCN2C(=O)CN2CCC[C@H](NS(=O)(=O)/C=C/c3ccc(Cl)s3)C2=O)c1. The van der Waals surface area contributed by atoms with Gasteiger partial charge in [-0.3, -0.25) is 9.59 Å². The van der Waals surface area contributed by atoms with Gasteiger partial charge in [-0.2, -0.15) is 4.72 Å². The number of ether oxygens (including phenoxy) is 1. The van der Waals surface area contributed by atoms with Gasteiger partial charge in [0.2, 0.25) is 21.8 Å². The van der Waals surface area contributed by atoms with Crippen LogP contribution in [0.15, 0.2) is 41.8 Å². The fourth-order valence-electron chi connectivity index (χ4n) is 4.88. The van der Waals surface area contributed by atoms with Gasteiger partial charge in [0.25, 0.3) is 0 Å². The van der Waals surface area contributed by atoms with E-state index in [1.165, 1.54) is 35.5 Å². The van der Waals surface area contributed by atoms with Crippen molar-refractivity contribution >= 4 is 68.5 Å². The van der Waals surface area contributed by atoms with E-state index in [1.54, 1.807) is 35.2 Å². The highest BCUT2D eigenvalue weighted by Crippen LogP contribution is 2.23. The summed E-state index contributed by atoms with van der Waals surface area (Å²) in [5.41, 5.74) is 0.709. The first kappa shape index (κ1) is 31.5. The third kappa shape index (κ3) is 8.53. The van der Waals surface area contributed by atoms with Gasteiger partial charge in [0.05, 0.1) is 23.6 Å². The van der Waals surface area contributed by atoms with E-state index in [0.717, 1.165) is 11.8 Å². The molecular weight excluding hydrogens is 606 g/mol. The first-order valence-corrected chi connectivity index (χ1v) is 16.1. The number of sulfonamides is 1. The lowest BCUT2D eigenvalue weighted by molar-refractivity contribution is -0.143. The second-order valence-corrected chi connectivity index (χ2v) is 13.2. The zero-order valence-corrected chi connectivity index (χ0v) is 25.3. The predicted molar refractivity (Wildman–Crippen MR) is 160 cm³/mol. The molecule has 42 heavy (non-hydrogen) atoms. The second kappa shape index (κ2) is 14.1. The Morgan fingerprint density at radius 1 is 1.14 bits per heavy atom. The Morgan fingerprint density at radius 3 is 2.67 bits per heavy atom. The van der Waals surface area contributed by atoms with Crippen LogP contribution in [0.1, 0.15) is 40.9 Å². The van der Waals surface area contributed by atoms with Gasteiger partial charge in [-0.25, -0.2) is 18.0 Å². The molecule has 1 aromatic heterocycles. The fraction of sp³-hybridized carbons (Fsp3) is 0.407. The van der Waals surface area contributed by atoms with E-state index in [0.29, 0.717) is 52.8 Å². The monoisotopic (exact) mass is 637 g/mol. The smallest absolute Gasteiger partial charge is 0.337 e. The van der Waals surface area contributed by atoms with E-state index in [-0.39, 0.29) is 25.0 Å². The van der Waals surface area contributed by atoms with Crippen molar-refractivity contribution in [2.24, 2.45) is 0 Å². The number of likely N-dealkylation sites (tertiary alicyclic amines) is 2. The standard InChI is InChI=1S/C27H32ClN5O7S2/c1-40-26(36)18-5-2-6-19(15-18)30-27(37)29-16-20-7-3-13-33(20)24(34)17-32-12-4-8-22(25(32)35)31-42(38,39)14-11-21-9-10-23(28)41-21/h2,5-6,9-11,14-15,20,22,31H,3-4,7-8,12-13,16-17H2,1H3,(H2,29,30,37)/b14-11+/t20-,22+/m1/s1. The zero-order valence-electron chi connectivity index (χ0n) is 22.9. The molecule has 4 amide bonds. The van der Waals surface area contributed by atoms with E-state index >= 15 is 0 Å². The van der Waals surface area contributed by atoms with Crippen molar-refractivity contribution in [3.63, 3.8) is 0 Å². The molecule has 0 aliphatic carbocycles. The Morgan fingerprint density at radius 2 is 1.93 bits per heavy atom. The molecule has 0 spiro atoms. The molecule has 226 valence electrons. The van der Waals surface area contributed by atoms with Crippen molar-refractivity contribution in [1.29, 1.82) is 0 Å². The van der Waals surface area contributed by atoms with Crippen LogP contribution in [-0.2, 0) is 24.3 Å². The number of carbonyl (C=O) groups excluding carboxylic acids is 4. The number of carbonyl (C=O) groups is 4. The molecule has 0 radical (unpaired) electrons. The number of thiophene rings is 1. The summed E-state index contributed by atoms with van der Waals surface area (Å²) in [7, 11) is -2.63. The Hall–Kier alpha value is -3.46. The summed E-state index contributed by atoms with van der Waals surface area (Å²) in [6.45, 7) is 0.857. The normalized spacial score (nSPS) is 19.2. The van der Waals surface area contributed by atoms with Crippen LogP contribution < -0.4 is 15.4 Å². The Labute approximate surface area is 253 Å². The minimum absolute atomic E-state index is 0.177. The largest absolute Gasteiger partial charge is 0.465 e. The number of urea groups is 1. The van der Waals surface area contributed by atoms with Crippen molar-refractivity contribution in [1.82, 2.24) is 19.8 Å². The van der Waals surface area contributed by atoms with Crippen molar-refractivity contribution in [3.05, 3.63) is 56.6 Å². The Kier molecular flexibility index (Phi) is 10.6. The highest BCUT2D eigenvalue weighted by atomic mass is 35.5. The molecule has 2 aromatic rings. The second-order valence-electron chi connectivity index (χ2n) is 9.85. The Bertz CT molecular complexity index is 1460. The highest BCUT2D eigenvalue weighted by Gasteiger charge is 2.35. The summed E-state index contributed by atoms with van der Waals surface area (Å²) in [4.78, 5) is 54.2. The third-order valence-corrected chi connectivity index (χ3v) is 9.21. The number of hydrogen-bond acceptors (Lipinski definition) is 8. The zero-order chi connectivity index (χ0) is 30.3. The third-order valence-electron chi connectivity index (χ3n) is 6.91. The number of nitrogens with one attached hydrogen (secondary N) is 3. The number of esters is 1. The first-order valence-electron chi connectivity index (χ1n) is 13.3. The van der Waals surface area contributed by atoms with E-state index in [1.807, 2.05) is 0 Å². The van der Waals surface area contributed by atoms with Gasteiger partial charge in [-0.15, -0.1) is 11.3 Å². The summed E-state index contributed by atoms with van der Waals surface area (Å²) < 4.78 is 32.8. The molecule has 2 aliphatic heterocycles. The quantitative estimate of drug-likeness (QED) is 0.339. The topological polar surface area (TPSA) is 154 Å². The number of rotatable bonds is 10. The average molecular weight is 638 g/mol. The lowest BCUT2D eigenvalue weighted by Gasteiger charge is -2.34. The predicted octanol–water partition coefficient (Wildman–Crippen LogP) is 2.88. The number of methoxy groups -OCH3 is 1. The molecule has 0 unspecified atom stereocenters. The maximum Gasteiger partial charge on any atom is 0.337 e. The highest BCUT2D eigenvalue weighted by molar-refractivity contribution is 7.92. The molecule has 2 atom stereocenters. The lowest BCUT2D eigenvalue weighted by atomic mass is 10.1. The van der Waals surface area contributed by atoms with E-state index in [4.69, 9.17) is 16.3 Å². The fourth-order valence-corrected chi connectivity index (χ4v) is 6.95. The van der Waals surface area contributed by atoms with E-state index < -0.39 is 34.0 Å².